The van der Waals surface area contributed by atoms with Crippen molar-refractivity contribution < 1.29 is 9.90 Å². The third-order valence-electron chi connectivity index (χ3n) is 4.50. The van der Waals surface area contributed by atoms with Crippen LogP contribution in [0.1, 0.15) is 35.8 Å². The fourth-order valence-corrected chi connectivity index (χ4v) is 3.30. The number of hydrogen-bond donors (Lipinski definition) is 2. The van der Waals surface area contributed by atoms with Gasteiger partial charge in [-0.25, -0.2) is 0 Å². The molecule has 3 rings (SSSR count). The van der Waals surface area contributed by atoms with E-state index in [1.54, 1.807) is 0 Å². The van der Waals surface area contributed by atoms with Gasteiger partial charge in [-0.05, 0) is 39.3 Å². The molecule has 2 unspecified atom stereocenters. The van der Waals surface area contributed by atoms with E-state index in [-0.39, 0.29) is 17.9 Å². The number of nitrogens with one attached hydrogen (secondary N) is 1. The third kappa shape index (κ3) is 2.61. The smallest absolute Gasteiger partial charge is 0.182 e. The highest BCUT2D eigenvalue weighted by Gasteiger charge is 2.29. The number of Topliss-reactive ketones (excluding diaryl/α,β-unsaturated/α-hetero) is 1. The number of β-amino-alcohol motifs (C(OH)–C–C–N with tert-alkyl or cyclic N) is 1. The number of fused-ring (bicyclic) bond motifs is 1. The van der Waals surface area contributed by atoms with Crippen LogP contribution in [0.15, 0.2) is 24.3 Å². The highest BCUT2D eigenvalue weighted by atomic mass is 16.3. The van der Waals surface area contributed by atoms with E-state index in [0.717, 1.165) is 41.5 Å². The Kier molecular flexibility index (Phi) is 3.83. The molecule has 112 valence electrons. The molecule has 0 spiro atoms. The molecular weight excluding hydrogens is 264 g/mol. The van der Waals surface area contributed by atoms with Crippen LogP contribution in [0.25, 0.3) is 10.9 Å². The van der Waals surface area contributed by atoms with E-state index in [1.807, 2.05) is 38.1 Å². The van der Waals surface area contributed by atoms with Crippen LogP contribution in [0.3, 0.4) is 0 Å². The van der Waals surface area contributed by atoms with Crippen molar-refractivity contribution in [1.29, 1.82) is 0 Å². The molecule has 2 atom stereocenters. The normalized spacial score (nSPS) is 21.6. The number of hydrogen-bond acceptors (Lipinski definition) is 3. The molecule has 21 heavy (non-hydrogen) atoms. The summed E-state index contributed by atoms with van der Waals surface area (Å²) in [5, 5.41) is 10.8. The first kappa shape index (κ1) is 14.3. The lowest BCUT2D eigenvalue weighted by atomic mass is 9.98. The lowest BCUT2D eigenvalue weighted by Crippen LogP contribution is -2.46. The van der Waals surface area contributed by atoms with Crippen molar-refractivity contribution in [3.8, 4) is 0 Å². The van der Waals surface area contributed by atoms with Crippen LogP contribution in [0.4, 0.5) is 0 Å². The van der Waals surface area contributed by atoms with Crippen LogP contribution in [-0.4, -0.2) is 46.0 Å². The predicted molar refractivity (Wildman–Crippen MR) is 83.6 cm³/mol. The van der Waals surface area contributed by atoms with Crippen LogP contribution in [-0.2, 0) is 0 Å². The number of aromatic amines is 1. The van der Waals surface area contributed by atoms with Crippen molar-refractivity contribution in [1.82, 2.24) is 9.88 Å². The topological polar surface area (TPSA) is 56.3 Å². The first-order valence-electron chi connectivity index (χ1n) is 7.61. The minimum absolute atomic E-state index is 0.138. The zero-order valence-corrected chi connectivity index (χ0v) is 12.6. The largest absolute Gasteiger partial charge is 0.392 e. The van der Waals surface area contributed by atoms with Crippen LogP contribution in [0.2, 0.25) is 0 Å². The standard InChI is InChI=1S/C17H22N2O2/c1-11-16(14-7-3-4-8-15(14)18-11)17(21)12(2)19-9-5-6-13(20)10-19/h3-4,7-8,12-13,18,20H,5-6,9-10H2,1-2H3. The van der Waals surface area contributed by atoms with E-state index in [2.05, 4.69) is 9.88 Å². The molecule has 2 N–H and O–H groups in total. The molecule has 1 aromatic heterocycles. The van der Waals surface area contributed by atoms with Gasteiger partial charge in [0.1, 0.15) is 0 Å². The molecular formula is C17H22N2O2. The number of H-pyrrole nitrogens is 1. The lowest BCUT2D eigenvalue weighted by molar-refractivity contribution is 0.0455. The average Bonchev–Trinajstić information content (AvgIpc) is 2.81. The van der Waals surface area contributed by atoms with Crippen molar-refractivity contribution in [2.45, 2.75) is 38.8 Å². The number of benzene rings is 1. The minimum Gasteiger partial charge on any atom is -0.392 e. The van der Waals surface area contributed by atoms with E-state index in [9.17, 15) is 9.90 Å². The van der Waals surface area contributed by atoms with Crippen LogP contribution < -0.4 is 0 Å². The summed E-state index contributed by atoms with van der Waals surface area (Å²) in [6.07, 6.45) is 1.48. The molecule has 2 aromatic rings. The minimum atomic E-state index is -0.307. The molecule has 0 aliphatic carbocycles. The molecule has 0 radical (unpaired) electrons. The average molecular weight is 286 g/mol. The summed E-state index contributed by atoms with van der Waals surface area (Å²) in [6, 6.07) is 7.72. The third-order valence-corrected chi connectivity index (χ3v) is 4.50. The summed E-state index contributed by atoms with van der Waals surface area (Å²) in [6.45, 7) is 5.37. The van der Waals surface area contributed by atoms with Gasteiger partial charge in [-0.3, -0.25) is 9.69 Å². The van der Waals surface area contributed by atoms with Gasteiger partial charge in [0.05, 0.1) is 12.1 Å². The number of carbonyl (C=O) groups excluding carboxylic acids is 1. The first-order chi connectivity index (χ1) is 10.1. The number of ketones is 1. The highest BCUT2D eigenvalue weighted by molar-refractivity contribution is 6.11. The number of aliphatic hydroxyl groups is 1. The second-order valence-electron chi connectivity index (χ2n) is 6.00. The van der Waals surface area contributed by atoms with Gasteiger partial charge in [0.25, 0.3) is 0 Å². The van der Waals surface area contributed by atoms with E-state index < -0.39 is 0 Å². The predicted octanol–water partition coefficient (Wildman–Crippen LogP) is 2.50. The van der Waals surface area contributed by atoms with Crippen molar-refractivity contribution in [2.75, 3.05) is 13.1 Å². The number of carbonyl (C=O) groups is 1. The fourth-order valence-electron chi connectivity index (χ4n) is 3.30. The number of aliphatic hydroxyl groups excluding tert-OH is 1. The van der Waals surface area contributed by atoms with Crippen molar-refractivity contribution in [2.24, 2.45) is 0 Å². The monoisotopic (exact) mass is 286 g/mol. The summed E-state index contributed by atoms with van der Waals surface area (Å²) in [7, 11) is 0. The Morgan fingerprint density at radius 1 is 1.43 bits per heavy atom. The van der Waals surface area contributed by atoms with Gasteiger partial charge < -0.3 is 10.1 Å². The summed E-state index contributed by atoms with van der Waals surface area (Å²) < 4.78 is 0. The van der Waals surface area contributed by atoms with Crippen molar-refractivity contribution in [3.63, 3.8) is 0 Å². The molecule has 0 saturated carbocycles. The number of nitrogens with zero attached hydrogens (tertiary/aromatic N) is 1. The van der Waals surface area contributed by atoms with Gasteiger partial charge in [0.2, 0.25) is 0 Å². The second-order valence-corrected chi connectivity index (χ2v) is 6.00. The van der Waals surface area contributed by atoms with Gasteiger partial charge >= 0.3 is 0 Å². The SMILES string of the molecule is Cc1[nH]c2ccccc2c1C(=O)C(C)N1CCCC(O)C1. The van der Waals surface area contributed by atoms with Gasteiger partial charge in [-0.2, -0.15) is 0 Å². The Bertz CT molecular complexity index is 662. The van der Waals surface area contributed by atoms with Crippen LogP contribution in [0, 0.1) is 6.92 Å². The van der Waals surface area contributed by atoms with E-state index in [0.29, 0.717) is 6.54 Å². The molecule has 0 amide bonds. The fraction of sp³-hybridized carbons (Fsp3) is 0.471. The summed E-state index contributed by atoms with van der Waals surface area (Å²) in [5.41, 5.74) is 2.72. The number of piperidine rings is 1. The van der Waals surface area contributed by atoms with Crippen LogP contribution in [0.5, 0.6) is 0 Å². The first-order valence-corrected chi connectivity index (χ1v) is 7.61. The summed E-state index contributed by atoms with van der Waals surface area (Å²) >= 11 is 0. The Labute approximate surface area is 124 Å². The lowest BCUT2D eigenvalue weighted by Gasteiger charge is -2.34. The molecule has 1 aromatic carbocycles. The molecule has 4 heteroatoms. The Hall–Kier alpha value is -1.65. The number of aryl methyl sites for hydroxylation is 1. The molecule has 0 bridgehead atoms. The quantitative estimate of drug-likeness (QED) is 0.852. The Balaban J connectivity index is 1.91. The number of likely N-dealkylation sites (tertiary alicyclic amines) is 1. The van der Waals surface area contributed by atoms with Gasteiger partial charge in [-0.15, -0.1) is 0 Å². The Morgan fingerprint density at radius 3 is 2.95 bits per heavy atom. The maximum Gasteiger partial charge on any atom is 0.182 e. The number of para-hydroxylation sites is 1. The van der Waals surface area contributed by atoms with Gasteiger partial charge in [0, 0.05) is 28.7 Å². The van der Waals surface area contributed by atoms with Crippen LogP contribution >= 0.6 is 0 Å². The van der Waals surface area contributed by atoms with Crippen molar-refractivity contribution >= 4 is 16.7 Å². The Morgan fingerprint density at radius 2 is 2.19 bits per heavy atom. The summed E-state index contributed by atoms with van der Waals surface area (Å²) in [4.78, 5) is 18.3. The summed E-state index contributed by atoms with van der Waals surface area (Å²) in [5.74, 6) is 0.138. The van der Waals surface area contributed by atoms with E-state index in [1.165, 1.54) is 0 Å². The number of aromatic nitrogens is 1. The van der Waals surface area contributed by atoms with Gasteiger partial charge in [0.15, 0.2) is 5.78 Å². The molecule has 1 saturated heterocycles. The maximum atomic E-state index is 12.9. The van der Waals surface area contributed by atoms with Crippen molar-refractivity contribution in [3.05, 3.63) is 35.5 Å². The zero-order valence-electron chi connectivity index (χ0n) is 12.6. The molecule has 1 aliphatic rings. The molecule has 1 fully saturated rings. The van der Waals surface area contributed by atoms with E-state index >= 15 is 0 Å². The second kappa shape index (κ2) is 5.62. The highest BCUT2D eigenvalue weighted by Crippen LogP contribution is 2.25. The number of rotatable bonds is 3. The van der Waals surface area contributed by atoms with E-state index in [4.69, 9.17) is 0 Å². The zero-order chi connectivity index (χ0) is 15.0. The van der Waals surface area contributed by atoms with Gasteiger partial charge in [-0.1, -0.05) is 18.2 Å². The molecule has 1 aliphatic heterocycles. The molecule has 2 heterocycles. The molecule has 4 nitrogen and oxygen atoms in total. The maximum absolute atomic E-state index is 12.9.